The van der Waals surface area contributed by atoms with Crippen molar-refractivity contribution < 1.29 is 10.2 Å². The Bertz CT molecular complexity index is 882. The maximum atomic E-state index is 9.85. The number of aliphatic hydroxyl groups excluding tert-OH is 2. The molecule has 0 aliphatic carbocycles. The van der Waals surface area contributed by atoms with E-state index in [1.54, 1.807) is 34.9 Å². The van der Waals surface area contributed by atoms with Gasteiger partial charge in [-0.15, -0.1) is 0 Å². The zero-order valence-electron chi connectivity index (χ0n) is 12.6. The Labute approximate surface area is 148 Å². The van der Waals surface area contributed by atoms with Gasteiger partial charge in [-0.05, 0) is 30.3 Å². The molecule has 1 atom stereocenters. The summed E-state index contributed by atoms with van der Waals surface area (Å²) in [4.78, 5) is 4.51. The van der Waals surface area contributed by atoms with E-state index in [1.807, 2.05) is 6.07 Å². The number of nitrogens with two attached hydrogens (primary N) is 1. The third-order valence-electron chi connectivity index (χ3n) is 3.58. The molecule has 126 valence electrons. The molecular formula is C16H16Cl2N4O2. The SMILES string of the molecule is Nc1cccc2nc(Nc3ccc(Cl)cc3Cl)n(CC(O)CO)c12. The number of benzene rings is 2. The van der Waals surface area contributed by atoms with Crippen LogP contribution in [0.2, 0.25) is 10.0 Å². The van der Waals surface area contributed by atoms with Gasteiger partial charge in [-0.2, -0.15) is 0 Å². The Morgan fingerprint density at radius 2 is 2.04 bits per heavy atom. The summed E-state index contributed by atoms with van der Waals surface area (Å²) in [7, 11) is 0. The second-order valence-electron chi connectivity index (χ2n) is 5.35. The molecule has 1 heterocycles. The number of nitrogen functional groups attached to an aromatic ring is 1. The van der Waals surface area contributed by atoms with Crippen LogP contribution in [0.3, 0.4) is 0 Å². The molecule has 24 heavy (non-hydrogen) atoms. The van der Waals surface area contributed by atoms with E-state index in [0.29, 0.717) is 38.4 Å². The number of fused-ring (bicyclic) bond motifs is 1. The Kier molecular flexibility index (Phi) is 4.82. The van der Waals surface area contributed by atoms with Gasteiger partial charge in [0.25, 0.3) is 0 Å². The Morgan fingerprint density at radius 1 is 1.25 bits per heavy atom. The van der Waals surface area contributed by atoms with Gasteiger partial charge in [0.2, 0.25) is 5.95 Å². The van der Waals surface area contributed by atoms with Crippen molar-refractivity contribution in [3.8, 4) is 0 Å². The maximum absolute atomic E-state index is 9.85. The smallest absolute Gasteiger partial charge is 0.208 e. The Morgan fingerprint density at radius 3 is 2.75 bits per heavy atom. The number of anilines is 3. The van der Waals surface area contributed by atoms with Crippen molar-refractivity contribution in [1.29, 1.82) is 0 Å². The van der Waals surface area contributed by atoms with Crippen molar-refractivity contribution in [2.24, 2.45) is 0 Å². The number of hydrogen-bond donors (Lipinski definition) is 4. The molecule has 0 radical (unpaired) electrons. The van der Waals surface area contributed by atoms with Crippen molar-refractivity contribution in [3.63, 3.8) is 0 Å². The second kappa shape index (κ2) is 6.86. The van der Waals surface area contributed by atoms with Crippen molar-refractivity contribution in [1.82, 2.24) is 9.55 Å². The minimum atomic E-state index is -0.941. The van der Waals surface area contributed by atoms with E-state index >= 15 is 0 Å². The summed E-state index contributed by atoms with van der Waals surface area (Å²) in [5.74, 6) is 0.458. The van der Waals surface area contributed by atoms with Gasteiger partial charge < -0.3 is 25.8 Å². The molecule has 1 unspecified atom stereocenters. The average molecular weight is 367 g/mol. The van der Waals surface area contributed by atoms with Crippen molar-refractivity contribution in [2.45, 2.75) is 12.6 Å². The van der Waals surface area contributed by atoms with Crippen LogP contribution in [-0.2, 0) is 6.54 Å². The molecule has 0 saturated heterocycles. The molecule has 1 aromatic heterocycles. The molecule has 5 N–H and O–H groups in total. The third kappa shape index (κ3) is 3.27. The van der Waals surface area contributed by atoms with Gasteiger partial charge in [0.15, 0.2) is 0 Å². The number of nitrogens with one attached hydrogen (secondary N) is 1. The third-order valence-corrected chi connectivity index (χ3v) is 4.13. The topological polar surface area (TPSA) is 96.3 Å². The maximum Gasteiger partial charge on any atom is 0.208 e. The Hall–Kier alpha value is -1.99. The highest BCUT2D eigenvalue weighted by molar-refractivity contribution is 6.36. The van der Waals surface area contributed by atoms with Crippen LogP contribution >= 0.6 is 23.2 Å². The summed E-state index contributed by atoms with van der Waals surface area (Å²) >= 11 is 12.1. The van der Waals surface area contributed by atoms with Crippen LogP contribution in [0.4, 0.5) is 17.3 Å². The standard InChI is InChI=1S/C16H16Cl2N4O2/c17-9-4-5-13(11(18)6-9)20-16-21-14-3-1-2-12(19)15(14)22(16)7-10(24)8-23/h1-6,10,23-24H,7-8,19H2,(H,20,21). The van der Waals surface area contributed by atoms with Gasteiger partial charge in [-0.25, -0.2) is 4.98 Å². The van der Waals surface area contributed by atoms with E-state index in [2.05, 4.69) is 10.3 Å². The summed E-state index contributed by atoms with van der Waals surface area (Å²) in [5.41, 5.74) is 8.55. The Balaban J connectivity index is 2.09. The molecule has 3 aromatic rings. The first kappa shape index (κ1) is 16.9. The zero-order chi connectivity index (χ0) is 17.3. The number of aliphatic hydroxyl groups is 2. The quantitative estimate of drug-likeness (QED) is 0.520. The van der Waals surface area contributed by atoms with Gasteiger partial charge in [-0.1, -0.05) is 29.3 Å². The number of para-hydroxylation sites is 1. The molecule has 2 aromatic carbocycles. The van der Waals surface area contributed by atoms with Crippen LogP contribution in [0.25, 0.3) is 11.0 Å². The number of nitrogens with zero attached hydrogens (tertiary/aromatic N) is 2. The second-order valence-corrected chi connectivity index (χ2v) is 6.19. The minimum Gasteiger partial charge on any atom is -0.397 e. The summed E-state index contributed by atoms with van der Waals surface area (Å²) in [6.07, 6.45) is -0.941. The lowest BCUT2D eigenvalue weighted by molar-refractivity contribution is 0.0826. The number of halogens is 2. The van der Waals surface area contributed by atoms with E-state index in [4.69, 9.17) is 34.0 Å². The summed E-state index contributed by atoms with van der Waals surface area (Å²) in [6.45, 7) is -0.234. The lowest BCUT2D eigenvalue weighted by Gasteiger charge is -2.15. The highest BCUT2D eigenvalue weighted by atomic mass is 35.5. The molecule has 0 bridgehead atoms. The molecule has 8 heteroatoms. The number of aromatic nitrogens is 2. The van der Waals surface area contributed by atoms with Crippen LogP contribution in [-0.4, -0.2) is 32.5 Å². The highest BCUT2D eigenvalue weighted by Crippen LogP contribution is 2.31. The highest BCUT2D eigenvalue weighted by Gasteiger charge is 2.16. The predicted molar refractivity (Wildman–Crippen MR) is 97.0 cm³/mol. The molecule has 3 rings (SSSR count). The lowest BCUT2D eigenvalue weighted by Crippen LogP contribution is -2.21. The predicted octanol–water partition coefficient (Wildman–Crippen LogP) is 3.02. The molecule has 0 fully saturated rings. The van der Waals surface area contributed by atoms with Crippen molar-refractivity contribution in [3.05, 3.63) is 46.4 Å². The van der Waals surface area contributed by atoms with Gasteiger partial charge in [-0.3, -0.25) is 0 Å². The van der Waals surface area contributed by atoms with E-state index < -0.39 is 6.10 Å². The van der Waals surface area contributed by atoms with Crippen molar-refractivity contribution in [2.75, 3.05) is 17.7 Å². The largest absolute Gasteiger partial charge is 0.397 e. The molecule has 0 aliphatic rings. The van der Waals surface area contributed by atoms with Gasteiger partial charge >= 0.3 is 0 Å². The molecule has 0 amide bonds. The average Bonchev–Trinajstić information content (AvgIpc) is 2.89. The van der Waals surface area contributed by atoms with Crippen LogP contribution in [0.5, 0.6) is 0 Å². The van der Waals surface area contributed by atoms with Crippen LogP contribution in [0.1, 0.15) is 0 Å². The number of imidazole rings is 1. The van der Waals surface area contributed by atoms with Gasteiger partial charge in [0.1, 0.15) is 0 Å². The summed E-state index contributed by atoms with van der Waals surface area (Å²) in [5, 5.41) is 23.1. The fourth-order valence-electron chi connectivity index (χ4n) is 2.47. The fraction of sp³-hybridized carbons (Fsp3) is 0.188. The first-order valence-electron chi connectivity index (χ1n) is 7.25. The summed E-state index contributed by atoms with van der Waals surface area (Å²) < 4.78 is 1.72. The van der Waals surface area contributed by atoms with Crippen LogP contribution in [0.15, 0.2) is 36.4 Å². The van der Waals surface area contributed by atoms with Crippen LogP contribution < -0.4 is 11.1 Å². The first-order chi connectivity index (χ1) is 11.5. The molecular weight excluding hydrogens is 351 g/mol. The monoisotopic (exact) mass is 366 g/mol. The van der Waals surface area contributed by atoms with Crippen LogP contribution in [0, 0.1) is 0 Å². The van der Waals surface area contributed by atoms with E-state index in [-0.39, 0.29) is 13.2 Å². The fourth-order valence-corrected chi connectivity index (χ4v) is 2.92. The minimum absolute atomic E-state index is 0.134. The molecule has 0 saturated carbocycles. The van der Waals surface area contributed by atoms with Gasteiger partial charge in [0, 0.05) is 5.02 Å². The number of hydrogen-bond acceptors (Lipinski definition) is 5. The first-order valence-corrected chi connectivity index (χ1v) is 8.01. The normalized spacial score (nSPS) is 12.5. The zero-order valence-corrected chi connectivity index (χ0v) is 14.1. The van der Waals surface area contributed by atoms with Crippen molar-refractivity contribution >= 4 is 51.6 Å². The van der Waals surface area contributed by atoms with E-state index in [9.17, 15) is 5.11 Å². The summed E-state index contributed by atoms with van der Waals surface area (Å²) in [6, 6.07) is 10.4. The van der Waals surface area contributed by atoms with E-state index in [0.717, 1.165) is 0 Å². The molecule has 6 nitrogen and oxygen atoms in total. The van der Waals surface area contributed by atoms with Gasteiger partial charge in [0.05, 0.1) is 46.7 Å². The molecule has 0 aliphatic heterocycles. The van der Waals surface area contributed by atoms with E-state index in [1.165, 1.54) is 0 Å². The number of rotatable bonds is 5. The lowest BCUT2D eigenvalue weighted by atomic mass is 10.2. The molecule has 0 spiro atoms.